The van der Waals surface area contributed by atoms with Gasteiger partial charge >= 0.3 is 0 Å². The summed E-state index contributed by atoms with van der Waals surface area (Å²) in [6, 6.07) is 6.28. The molecule has 1 aromatic carbocycles. The van der Waals surface area contributed by atoms with E-state index in [1.165, 1.54) is 19.3 Å². The van der Waals surface area contributed by atoms with Gasteiger partial charge in [-0.15, -0.1) is 0 Å². The van der Waals surface area contributed by atoms with Gasteiger partial charge in [0.25, 0.3) is 0 Å². The molecule has 22 heavy (non-hydrogen) atoms. The van der Waals surface area contributed by atoms with Gasteiger partial charge in [-0.1, -0.05) is 39.0 Å². The van der Waals surface area contributed by atoms with Crippen molar-refractivity contribution in [2.24, 2.45) is 0 Å². The van der Waals surface area contributed by atoms with E-state index in [2.05, 4.69) is 6.92 Å². The van der Waals surface area contributed by atoms with Crippen LogP contribution in [-0.4, -0.2) is 20.6 Å². The lowest BCUT2D eigenvalue weighted by molar-refractivity contribution is -0.117. The van der Waals surface area contributed by atoms with Gasteiger partial charge in [-0.3, -0.25) is 4.79 Å². The SMILES string of the molecule is CCCCCCCCC(=O)N(c1ccc(N)cc1)S(C)(=O)=O. The van der Waals surface area contributed by atoms with E-state index in [0.29, 0.717) is 17.8 Å². The fraction of sp³-hybridized carbons (Fsp3) is 0.562. The van der Waals surface area contributed by atoms with Crippen LogP contribution in [0.15, 0.2) is 24.3 Å². The molecule has 0 aromatic heterocycles. The summed E-state index contributed by atoms with van der Waals surface area (Å²) in [5, 5.41) is 0. The molecule has 0 spiro atoms. The minimum atomic E-state index is -3.64. The summed E-state index contributed by atoms with van der Waals surface area (Å²) in [4.78, 5) is 12.3. The Kier molecular flexibility index (Phi) is 7.38. The molecule has 0 saturated heterocycles. The third-order valence-corrected chi connectivity index (χ3v) is 4.51. The minimum Gasteiger partial charge on any atom is -0.399 e. The molecular weight excluding hydrogens is 300 g/mol. The van der Waals surface area contributed by atoms with Gasteiger partial charge in [0.05, 0.1) is 11.9 Å². The Hall–Kier alpha value is -1.56. The number of hydrogen-bond donors (Lipinski definition) is 1. The maximum atomic E-state index is 12.3. The van der Waals surface area contributed by atoms with E-state index in [-0.39, 0.29) is 12.3 Å². The van der Waals surface area contributed by atoms with Crippen molar-refractivity contribution < 1.29 is 13.2 Å². The van der Waals surface area contributed by atoms with E-state index in [9.17, 15) is 13.2 Å². The second kappa shape index (κ2) is 8.78. The van der Waals surface area contributed by atoms with Crippen LogP contribution in [0.25, 0.3) is 0 Å². The van der Waals surface area contributed by atoms with E-state index in [1.54, 1.807) is 24.3 Å². The summed E-state index contributed by atoms with van der Waals surface area (Å²) in [5.41, 5.74) is 6.47. The molecular formula is C16H26N2O3S. The number of anilines is 2. The molecule has 0 heterocycles. The number of carbonyl (C=O) groups excluding carboxylic acids is 1. The Labute approximate surface area is 133 Å². The zero-order valence-electron chi connectivity index (χ0n) is 13.4. The molecule has 0 bridgehead atoms. The van der Waals surface area contributed by atoms with Gasteiger partial charge in [0.15, 0.2) is 0 Å². The third kappa shape index (κ3) is 6.05. The molecule has 0 aliphatic heterocycles. The zero-order chi connectivity index (χ0) is 16.6. The van der Waals surface area contributed by atoms with Crippen LogP contribution in [0, 0.1) is 0 Å². The first-order chi connectivity index (χ1) is 10.4. The lowest BCUT2D eigenvalue weighted by Crippen LogP contribution is -2.36. The number of nitrogens with zero attached hydrogens (tertiary/aromatic N) is 1. The molecule has 0 radical (unpaired) electrons. The summed E-state index contributed by atoms with van der Waals surface area (Å²) >= 11 is 0. The number of carbonyl (C=O) groups is 1. The van der Waals surface area contributed by atoms with Crippen molar-refractivity contribution in [2.75, 3.05) is 16.3 Å². The van der Waals surface area contributed by atoms with Gasteiger partial charge in [-0.2, -0.15) is 0 Å². The maximum absolute atomic E-state index is 12.3. The highest BCUT2D eigenvalue weighted by Crippen LogP contribution is 2.21. The number of hydrogen-bond acceptors (Lipinski definition) is 4. The van der Waals surface area contributed by atoms with E-state index >= 15 is 0 Å². The number of nitrogen functional groups attached to an aromatic ring is 1. The van der Waals surface area contributed by atoms with Crippen molar-refractivity contribution in [3.8, 4) is 0 Å². The Morgan fingerprint density at radius 3 is 2.14 bits per heavy atom. The van der Waals surface area contributed by atoms with E-state index in [1.807, 2.05) is 0 Å². The maximum Gasteiger partial charge on any atom is 0.240 e. The molecule has 124 valence electrons. The number of rotatable bonds is 9. The van der Waals surface area contributed by atoms with Gasteiger partial charge < -0.3 is 5.73 Å². The molecule has 1 rings (SSSR count). The van der Waals surface area contributed by atoms with E-state index < -0.39 is 10.0 Å². The quantitative estimate of drug-likeness (QED) is 0.557. The summed E-state index contributed by atoms with van der Waals surface area (Å²) < 4.78 is 24.7. The molecule has 0 saturated carbocycles. The van der Waals surface area contributed by atoms with Crippen molar-refractivity contribution in [1.29, 1.82) is 0 Å². The minimum absolute atomic E-state index is 0.240. The highest BCUT2D eigenvalue weighted by atomic mass is 32.2. The summed E-state index contributed by atoms with van der Waals surface area (Å²) in [6.45, 7) is 2.15. The van der Waals surface area contributed by atoms with Crippen LogP contribution in [0.3, 0.4) is 0 Å². The van der Waals surface area contributed by atoms with Crippen molar-refractivity contribution in [2.45, 2.75) is 51.9 Å². The first-order valence-corrected chi connectivity index (χ1v) is 9.59. The fourth-order valence-corrected chi connectivity index (χ4v) is 3.25. The summed E-state index contributed by atoms with van der Waals surface area (Å²) in [6.07, 6.45) is 7.58. The van der Waals surface area contributed by atoms with Crippen molar-refractivity contribution in [3.63, 3.8) is 0 Å². The molecule has 0 atom stereocenters. The van der Waals surface area contributed by atoms with Gasteiger partial charge in [-0.05, 0) is 30.7 Å². The van der Waals surface area contributed by atoms with Gasteiger partial charge in [0.1, 0.15) is 0 Å². The molecule has 0 aliphatic carbocycles. The summed E-state index contributed by atoms with van der Waals surface area (Å²) in [7, 11) is -3.64. The first-order valence-electron chi connectivity index (χ1n) is 7.75. The van der Waals surface area contributed by atoms with Crippen LogP contribution < -0.4 is 10.0 Å². The molecule has 0 aliphatic rings. The first kappa shape index (κ1) is 18.5. The van der Waals surface area contributed by atoms with Crippen LogP contribution in [-0.2, 0) is 14.8 Å². The highest BCUT2D eigenvalue weighted by molar-refractivity contribution is 7.92. The predicted molar refractivity (Wildman–Crippen MR) is 91.2 cm³/mol. The van der Waals surface area contributed by atoms with Gasteiger partial charge in [0, 0.05) is 12.1 Å². The molecule has 5 nitrogen and oxygen atoms in total. The average molecular weight is 326 g/mol. The Bertz CT molecular complexity index is 568. The summed E-state index contributed by atoms with van der Waals surface area (Å²) in [5.74, 6) is -0.386. The van der Waals surface area contributed by atoms with Gasteiger partial charge in [-0.25, -0.2) is 12.7 Å². The smallest absolute Gasteiger partial charge is 0.240 e. The lowest BCUT2D eigenvalue weighted by atomic mass is 10.1. The second-order valence-electron chi connectivity index (χ2n) is 5.53. The van der Waals surface area contributed by atoms with Crippen molar-refractivity contribution in [3.05, 3.63) is 24.3 Å². The molecule has 0 unspecified atom stereocenters. The number of sulfonamides is 1. The zero-order valence-corrected chi connectivity index (χ0v) is 14.2. The largest absolute Gasteiger partial charge is 0.399 e. The molecule has 0 fully saturated rings. The van der Waals surface area contributed by atoms with E-state index in [0.717, 1.165) is 23.4 Å². The Balaban J connectivity index is 2.65. The molecule has 1 amide bonds. The molecule has 1 aromatic rings. The third-order valence-electron chi connectivity index (χ3n) is 3.43. The van der Waals surface area contributed by atoms with Crippen LogP contribution >= 0.6 is 0 Å². The topological polar surface area (TPSA) is 80.5 Å². The van der Waals surface area contributed by atoms with Crippen molar-refractivity contribution in [1.82, 2.24) is 0 Å². The van der Waals surface area contributed by atoms with Crippen LogP contribution in [0.4, 0.5) is 11.4 Å². The Morgan fingerprint density at radius 2 is 1.59 bits per heavy atom. The highest BCUT2D eigenvalue weighted by Gasteiger charge is 2.24. The van der Waals surface area contributed by atoms with Crippen LogP contribution in [0.5, 0.6) is 0 Å². The Morgan fingerprint density at radius 1 is 1.05 bits per heavy atom. The fourth-order valence-electron chi connectivity index (χ4n) is 2.29. The number of amides is 1. The predicted octanol–water partition coefficient (Wildman–Crippen LogP) is 3.31. The standard InChI is InChI=1S/C16H26N2O3S/c1-3-4-5-6-7-8-9-16(19)18(22(2,20)21)15-12-10-14(17)11-13-15/h10-13H,3-9,17H2,1-2H3. The molecule has 2 N–H and O–H groups in total. The number of unbranched alkanes of at least 4 members (excludes halogenated alkanes) is 5. The lowest BCUT2D eigenvalue weighted by Gasteiger charge is -2.20. The normalized spacial score (nSPS) is 11.4. The number of benzene rings is 1. The monoisotopic (exact) mass is 326 g/mol. The molecule has 6 heteroatoms. The number of nitrogens with two attached hydrogens (primary N) is 1. The van der Waals surface area contributed by atoms with Crippen LogP contribution in [0.2, 0.25) is 0 Å². The van der Waals surface area contributed by atoms with Crippen molar-refractivity contribution >= 4 is 27.3 Å². The van der Waals surface area contributed by atoms with Crippen LogP contribution in [0.1, 0.15) is 51.9 Å². The van der Waals surface area contributed by atoms with Gasteiger partial charge in [0.2, 0.25) is 15.9 Å². The average Bonchev–Trinajstić information content (AvgIpc) is 2.43. The second-order valence-corrected chi connectivity index (χ2v) is 7.36. The van der Waals surface area contributed by atoms with E-state index in [4.69, 9.17) is 5.73 Å².